The molecule has 1 aromatic heterocycles. The van der Waals surface area contributed by atoms with Gasteiger partial charge in [0.2, 0.25) is 0 Å². The Kier molecular flexibility index (Phi) is 8.61. The van der Waals surface area contributed by atoms with Gasteiger partial charge in [-0.25, -0.2) is 22.8 Å². The van der Waals surface area contributed by atoms with Crippen molar-refractivity contribution >= 4 is 11.8 Å². The molecule has 1 atom stereocenters. The van der Waals surface area contributed by atoms with Gasteiger partial charge in [0.15, 0.2) is 5.75 Å². The van der Waals surface area contributed by atoms with Crippen LogP contribution in [0.3, 0.4) is 0 Å². The molecule has 43 heavy (non-hydrogen) atoms. The Morgan fingerprint density at radius 2 is 1.70 bits per heavy atom. The summed E-state index contributed by atoms with van der Waals surface area (Å²) in [6.45, 7) is -1.49. The van der Waals surface area contributed by atoms with E-state index >= 15 is 0 Å². The Bertz CT molecular complexity index is 1530. The maximum Gasteiger partial charge on any atom is 0.420 e. The minimum absolute atomic E-state index is 0.0362. The summed E-state index contributed by atoms with van der Waals surface area (Å²) in [6.07, 6.45) is -12.4. The van der Waals surface area contributed by atoms with Crippen LogP contribution in [0.5, 0.6) is 5.75 Å². The minimum atomic E-state index is -5.50. The van der Waals surface area contributed by atoms with Crippen LogP contribution in [-0.4, -0.2) is 63.9 Å². The number of aliphatic hydroxyl groups is 1. The van der Waals surface area contributed by atoms with E-state index in [1.54, 1.807) is 0 Å². The van der Waals surface area contributed by atoms with Crippen LogP contribution < -0.4 is 15.3 Å². The number of carbonyl (C=O) groups is 1. The van der Waals surface area contributed by atoms with Gasteiger partial charge in [0, 0.05) is 44.6 Å². The van der Waals surface area contributed by atoms with Gasteiger partial charge in [-0.2, -0.15) is 26.3 Å². The minimum Gasteiger partial charge on any atom is -0.407 e. The molecule has 8 nitrogen and oxygen atoms in total. The number of alkyl halides is 8. The van der Waals surface area contributed by atoms with E-state index in [1.165, 1.54) is 4.90 Å². The van der Waals surface area contributed by atoms with Gasteiger partial charge in [-0.05, 0) is 36.4 Å². The van der Waals surface area contributed by atoms with Crippen molar-refractivity contribution in [3.8, 4) is 11.4 Å². The topological polar surface area (TPSA) is 79.9 Å². The molecule has 0 bridgehead atoms. The molecular formula is C26H23F9N4O4. The molecule has 1 unspecified atom stereocenters. The van der Waals surface area contributed by atoms with Crippen molar-refractivity contribution in [1.82, 2.24) is 14.0 Å². The van der Waals surface area contributed by atoms with Crippen LogP contribution in [0.15, 0.2) is 53.6 Å². The number of aliphatic hydroxyl groups excluding tert-OH is 1. The van der Waals surface area contributed by atoms with Gasteiger partial charge in [0.1, 0.15) is 11.4 Å². The average molecular weight is 626 g/mol. The molecule has 0 radical (unpaired) electrons. The number of rotatable bonds is 7. The Hall–Kier alpha value is -3.99. The largest absolute Gasteiger partial charge is 0.420 e. The lowest BCUT2D eigenvalue weighted by Gasteiger charge is -2.22. The van der Waals surface area contributed by atoms with E-state index in [1.807, 2.05) is 0 Å². The number of imidazole rings is 1. The van der Waals surface area contributed by atoms with Crippen molar-refractivity contribution in [3.63, 3.8) is 0 Å². The van der Waals surface area contributed by atoms with Crippen molar-refractivity contribution < 1.29 is 54.2 Å². The summed E-state index contributed by atoms with van der Waals surface area (Å²) in [7, 11) is 1.05. The maximum absolute atomic E-state index is 14.1. The molecule has 1 aliphatic heterocycles. The molecule has 1 aliphatic rings. The third-order valence-electron chi connectivity index (χ3n) is 6.61. The highest BCUT2D eigenvalue weighted by molar-refractivity contribution is 5.89. The van der Waals surface area contributed by atoms with Crippen LogP contribution in [0.2, 0.25) is 0 Å². The second kappa shape index (κ2) is 11.6. The number of anilines is 1. The predicted octanol–water partition coefficient (Wildman–Crippen LogP) is 5.15. The second-order valence-electron chi connectivity index (χ2n) is 9.87. The monoisotopic (exact) mass is 626 g/mol. The zero-order valence-electron chi connectivity index (χ0n) is 22.1. The van der Waals surface area contributed by atoms with Crippen molar-refractivity contribution in [2.24, 2.45) is 0 Å². The molecule has 0 spiro atoms. The maximum atomic E-state index is 14.1. The second-order valence-corrected chi connectivity index (χ2v) is 9.87. The first kappa shape index (κ1) is 31.9. The number of carbonyl (C=O) groups excluding carboxylic acids is 1. The van der Waals surface area contributed by atoms with Crippen LogP contribution in [0, 0.1) is 5.82 Å². The quantitative estimate of drug-likeness (QED) is 0.367. The fraction of sp³-hybridized carbons (Fsp3) is 0.385. The number of ether oxygens (including phenoxy) is 1. The van der Waals surface area contributed by atoms with E-state index in [0.717, 1.165) is 48.3 Å². The number of nitrogens with zero attached hydrogens (tertiary/aromatic N) is 4. The molecule has 2 aromatic carbocycles. The van der Waals surface area contributed by atoms with Gasteiger partial charge in [0.05, 0.1) is 30.4 Å². The Balaban J connectivity index is 1.74. The van der Waals surface area contributed by atoms with Crippen LogP contribution in [0.1, 0.15) is 17.5 Å². The number of likely N-dealkylation sites (tertiary alicyclic amines) is 1. The zero-order valence-corrected chi connectivity index (χ0v) is 22.1. The number of amides is 1. The molecular weight excluding hydrogens is 603 g/mol. The van der Waals surface area contributed by atoms with E-state index in [2.05, 4.69) is 0 Å². The Labute approximate surface area is 237 Å². The molecule has 3 aromatic rings. The highest BCUT2D eigenvalue weighted by Gasteiger charge is 2.42. The van der Waals surface area contributed by atoms with Gasteiger partial charge in [0.25, 0.3) is 5.92 Å². The molecule has 1 amide bonds. The highest BCUT2D eigenvalue weighted by atomic mass is 19.4. The number of hydrogen-bond donors (Lipinski definition) is 1. The predicted molar refractivity (Wildman–Crippen MR) is 133 cm³/mol. The average Bonchev–Trinajstić information content (AvgIpc) is 3.42. The molecule has 2 heterocycles. The number of hydrogen-bond acceptors (Lipinski definition) is 5. The highest BCUT2D eigenvalue weighted by Crippen LogP contribution is 2.44. The van der Waals surface area contributed by atoms with Gasteiger partial charge >= 0.3 is 24.1 Å². The van der Waals surface area contributed by atoms with Crippen molar-refractivity contribution in [1.29, 1.82) is 0 Å². The van der Waals surface area contributed by atoms with Crippen LogP contribution >= 0.6 is 0 Å². The van der Waals surface area contributed by atoms with Crippen molar-refractivity contribution in [2.45, 2.75) is 37.3 Å². The lowest BCUT2D eigenvalue weighted by atomic mass is 10.1. The van der Waals surface area contributed by atoms with Gasteiger partial charge < -0.3 is 9.84 Å². The van der Waals surface area contributed by atoms with Crippen molar-refractivity contribution in [2.75, 3.05) is 31.6 Å². The number of β-amino-alcohol motifs (C(OH)–C–C–N with tert-alkyl or cyclic N) is 1. The van der Waals surface area contributed by atoms with E-state index < -0.39 is 84.1 Å². The molecule has 1 fully saturated rings. The first-order chi connectivity index (χ1) is 19.9. The lowest BCUT2D eigenvalue weighted by Crippen LogP contribution is -2.37. The molecule has 1 saturated heterocycles. The smallest absolute Gasteiger partial charge is 0.407 e. The molecule has 17 heteroatoms. The molecule has 4 rings (SSSR count). The first-order valence-electron chi connectivity index (χ1n) is 12.5. The Morgan fingerprint density at radius 1 is 1.05 bits per heavy atom. The third kappa shape index (κ3) is 7.33. The van der Waals surface area contributed by atoms with Gasteiger partial charge in [-0.15, -0.1) is 0 Å². The number of benzene rings is 2. The standard InChI is InChI=1S/C26H23F9N4O4/c1-36(17-4-2-16(27)3-5-17)23(42)43-21-19(26(33,34)35)10-15(25(30,31)32)11-20(21)39-9-8-38(22(39)41)13-18(40)12-37-7-6-24(28,29)14-37/h2-5,8-11,18,40H,6-7,12-14H2,1H3. The SMILES string of the molecule is CN(C(=O)Oc1c(-n2ccn(CC(O)CN3CCC(F)(F)C3)c2=O)cc(C(F)(F)F)cc1C(F)(F)F)c1ccc(F)cc1. The van der Waals surface area contributed by atoms with E-state index in [4.69, 9.17) is 4.74 Å². The van der Waals surface area contributed by atoms with Gasteiger partial charge in [-0.1, -0.05) is 0 Å². The third-order valence-corrected chi connectivity index (χ3v) is 6.61. The fourth-order valence-corrected chi connectivity index (χ4v) is 4.48. The zero-order chi connectivity index (χ0) is 31.9. The fourth-order valence-electron chi connectivity index (χ4n) is 4.48. The normalized spacial score (nSPS) is 16.3. The summed E-state index contributed by atoms with van der Waals surface area (Å²) in [4.78, 5) is 27.9. The van der Waals surface area contributed by atoms with Crippen molar-refractivity contribution in [3.05, 3.63) is 76.2 Å². The van der Waals surface area contributed by atoms with Crippen LogP contribution in [0.25, 0.3) is 5.69 Å². The number of aromatic nitrogens is 2. The van der Waals surface area contributed by atoms with E-state index in [0.29, 0.717) is 9.47 Å². The number of halogens is 9. The molecule has 234 valence electrons. The summed E-state index contributed by atoms with van der Waals surface area (Å²) in [5, 5.41) is 10.3. The summed E-state index contributed by atoms with van der Waals surface area (Å²) in [5.74, 6) is -5.08. The summed E-state index contributed by atoms with van der Waals surface area (Å²) in [5.41, 5.74) is -6.19. The van der Waals surface area contributed by atoms with E-state index in [-0.39, 0.29) is 30.9 Å². The molecule has 0 aliphatic carbocycles. The van der Waals surface area contributed by atoms with Crippen LogP contribution in [-0.2, 0) is 18.9 Å². The Morgan fingerprint density at radius 3 is 2.26 bits per heavy atom. The van der Waals surface area contributed by atoms with E-state index in [9.17, 15) is 54.2 Å². The summed E-state index contributed by atoms with van der Waals surface area (Å²) in [6, 6.07) is 3.97. The summed E-state index contributed by atoms with van der Waals surface area (Å²) < 4.78 is 129. The lowest BCUT2D eigenvalue weighted by molar-refractivity contribution is -0.143. The van der Waals surface area contributed by atoms with Gasteiger partial charge in [-0.3, -0.25) is 18.9 Å². The van der Waals surface area contributed by atoms with Crippen LogP contribution in [0.4, 0.5) is 50.0 Å². The molecule has 0 saturated carbocycles. The summed E-state index contributed by atoms with van der Waals surface area (Å²) >= 11 is 0. The molecule has 1 N–H and O–H groups in total. The first-order valence-corrected chi connectivity index (χ1v) is 12.5.